The van der Waals surface area contributed by atoms with Crippen molar-refractivity contribution in [1.82, 2.24) is 0 Å². The molecule has 1 unspecified atom stereocenters. The molecule has 1 aromatic carbocycles. The molecule has 112 valence electrons. The predicted molar refractivity (Wildman–Crippen MR) is 83.9 cm³/mol. The van der Waals surface area contributed by atoms with Gasteiger partial charge < -0.3 is 9.47 Å². The van der Waals surface area contributed by atoms with Gasteiger partial charge in [0.1, 0.15) is 0 Å². The quantitative estimate of drug-likeness (QED) is 0.539. The molecule has 0 bridgehead atoms. The van der Waals surface area contributed by atoms with Gasteiger partial charge in [-0.25, -0.2) is 0 Å². The molecule has 0 amide bonds. The minimum absolute atomic E-state index is 0.0675. The number of hydrogen-bond donors (Lipinski definition) is 0. The Balaban J connectivity index is 2.02. The van der Waals surface area contributed by atoms with Gasteiger partial charge in [0, 0.05) is 0 Å². The summed E-state index contributed by atoms with van der Waals surface area (Å²) in [5.41, 5.74) is 1.13. The van der Waals surface area contributed by atoms with E-state index in [-0.39, 0.29) is 5.38 Å². The van der Waals surface area contributed by atoms with Gasteiger partial charge in [-0.1, -0.05) is 44.6 Å². The van der Waals surface area contributed by atoms with Crippen molar-refractivity contribution in [3.63, 3.8) is 0 Å². The summed E-state index contributed by atoms with van der Waals surface area (Å²) in [7, 11) is 3.32. The number of rotatable bonds is 5. The highest BCUT2D eigenvalue weighted by Gasteiger charge is 2.19. The summed E-state index contributed by atoms with van der Waals surface area (Å²) in [4.78, 5) is 0. The molecular weight excluding hydrogens is 272 g/mol. The molecule has 0 aromatic heterocycles. The van der Waals surface area contributed by atoms with Crippen LogP contribution in [0.4, 0.5) is 0 Å². The third-order valence-electron chi connectivity index (χ3n) is 4.28. The van der Waals surface area contributed by atoms with Crippen molar-refractivity contribution in [2.24, 2.45) is 5.92 Å². The molecule has 0 spiro atoms. The van der Waals surface area contributed by atoms with E-state index in [1.807, 2.05) is 12.1 Å². The normalized spacial score (nSPS) is 18.4. The summed E-state index contributed by atoms with van der Waals surface area (Å²) >= 11 is 6.62. The molecule has 2 rings (SSSR count). The van der Waals surface area contributed by atoms with Gasteiger partial charge in [-0.2, -0.15) is 0 Å². The van der Waals surface area contributed by atoms with Crippen molar-refractivity contribution in [3.8, 4) is 11.5 Å². The summed E-state index contributed by atoms with van der Waals surface area (Å²) in [6.45, 7) is 0. The van der Waals surface area contributed by atoms with Gasteiger partial charge in [0.2, 0.25) is 0 Å². The number of alkyl halides is 1. The van der Waals surface area contributed by atoms with E-state index in [0.29, 0.717) is 0 Å². The van der Waals surface area contributed by atoms with Gasteiger partial charge in [0.25, 0.3) is 0 Å². The molecule has 0 saturated heterocycles. The first-order chi connectivity index (χ1) is 9.74. The van der Waals surface area contributed by atoms with E-state index in [4.69, 9.17) is 21.1 Å². The summed E-state index contributed by atoms with van der Waals surface area (Å²) in [6.07, 6.45) is 9.23. The van der Waals surface area contributed by atoms with Gasteiger partial charge in [-0.05, 0) is 30.0 Å². The lowest BCUT2D eigenvalue weighted by Gasteiger charge is -2.19. The minimum atomic E-state index is 0.0675. The molecule has 2 nitrogen and oxygen atoms in total. The number of halogens is 1. The van der Waals surface area contributed by atoms with Crippen molar-refractivity contribution in [2.45, 2.75) is 50.3 Å². The molecule has 3 heteroatoms. The second-order valence-electron chi connectivity index (χ2n) is 5.68. The molecule has 0 aliphatic heterocycles. The van der Waals surface area contributed by atoms with E-state index in [1.165, 1.54) is 38.5 Å². The van der Waals surface area contributed by atoms with Crippen LogP contribution in [0.5, 0.6) is 11.5 Å². The Morgan fingerprint density at radius 3 is 2.30 bits per heavy atom. The van der Waals surface area contributed by atoms with Crippen LogP contribution in [0.2, 0.25) is 0 Å². The number of hydrogen-bond acceptors (Lipinski definition) is 2. The Morgan fingerprint density at radius 1 is 1.05 bits per heavy atom. The highest BCUT2D eigenvalue weighted by molar-refractivity contribution is 6.20. The van der Waals surface area contributed by atoms with Gasteiger partial charge in [0.15, 0.2) is 11.5 Å². The standard InChI is InChI=1S/C17H25ClO2/c1-19-16-10-9-14(12-17(16)20-2)15(18)11-13-7-5-3-4-6-8-13/h9-10,12-13,15H,3-8,11H2,1-2H3. The fourth-order valence-electron chi connectivity index (χ4n) is 3.08. The molecule has 1 fully saturated rings. The smallest absolute Gasteiger partial charge is 0.161 e. The molecular formula is C17H25ClO2. The Hall–Kier alpha value is -0.890. The lowest BCUT2D eigenvalue weighted by molar-refractivity contribution is 0.354. The number of methoxy groups -OCH3 is 2. The summed E-state index contributed by atoms with van der Waals surface area (Å²) < 4.78 is 10.6. The predicted octanol–water partition coefficient (Wildman–Crippen LogP) is 5.34. The molecule has 1 saturated carbocycles. The molecule has 0 radical (unpaired) electrons. The molecule has 1 aliphatic carbocycles. The summed E-state index contributed by atoms with van der Waals surface area (Å²) in [6, 6.07) is 6.00. The van der Waals surface area contributed by atoms with Crippen LogP contribution in [0.25, 0.3) is 0 Å². The van der Waals surface area contributed by atoms with Crippen LogP contribution >= 0.6 is 11.6 Å². The van der Waals surface area contributed by atoms with Gasteiger partial charge >= 0.3 is 0 Å². The number of benzene rings is 1. The van der Waals surface area contributed by atoms with Crippen LogP contribution in [0.1, 0.15) is 55.9 Å². The van der Waals surface area contributed by atoms with Crippen molar-refractivity contribution >= 4 is 11.6 Å². The molecule has 0 heterocycles. The van der Waals surface area contributed by atoms with E-state index in [1.54, 1.807) is 14.2 Å². The topological polar surface area (TPSA) is 18.5 Å². The van der Waals surface area contributed by atoms with Crippen LogP contribution in [0, 0.1) is 5.92 Å². The Labute approximate surface area is 127 Å². The van der Waals surface area contributed by atoms with E-state index >= 15 is 0 Å². The van der Waals surface area contributed by atoms with Crippen molar-refractivity contribution in [1.29, 1.82) is 0 Å². The molecule has 1 aromatic rings. The fraction of sp³-hybridized carbons (Fsp3) is 0.647. The van der Waals surface area contributed by atoms with Crippen molar-refractivity contribution in [3.05, 3.63) is 23.8 Å². The van der Waals surface area contributed by atoms with E-state index in [0.717, 1.165) is 29.4 Å². The first kappa shape index (κ1) is 15.5. The largest absolute Gasteiger partial charge is 0.493 e. The van der Waals surface area contributed by atoms with Crippen molar-refractivity contribution < 1.29 is 9.47 Å². The highest BCUT2D eigenvalue weighted by Crippen LogP contribution is 2.37. The minimum Gasteiger partial charge on any atom is -0.493 e. The maximum absolute atomic E-state index is 6.62. The molecule has 1 aliphatic rings. The zero-order chi connectivity index (χ0) is 14.4. The fourth-order valence-corrected chi connectivity index (χ4v) is 3.46. The lowest BCUT2D eigenvalue weighted by atomic mass is 9.92. The second-order valence-corrected chi connectivity index (χ2v) is 6.20. The molecule has 20 heavy (non-hydrogen) atoms. The SMILES string of the molecule is COc1ccc(C(Cl)CC2CCCCCC2)cc1OC. The van der Waals surface area contributed by atoms with Crippen LogP contribution in [0.15, 0.2) is 18.2 Å². The molecule has 0 N–H and O–H groups in total. The average Bonchev–Trinajstić information content (AvgIpc) is 2.75. The third-order valence-corrected chi connectivity index (χ3v) is 4.71. The van der Waals surface area contributed by atoms with Crippen molar-refractivity contribution in [2.75, 3.05) is 14.2 Å². The Morgan fingerprint density at radius 2 is 1.70 bits per heavy atom. The Bertz CT molecular complexity index is 411. The van der Waals surface area contributed by atoms with Gasteiger partial charge in [-0.3, -0.25) is 0 Å². The maximum Gasteiger partial charge on any atom is 0.161 e. The highest BCUT2D eigenvalue weighted by atomic mass is 35.5. The van der Waals surface area contributed by atoms with Gasteiger partial charge in [0.05, 0.1) is 19.6 Å². The first-order valence-electron chi connectivity index (χ1n) is 7.60. The summed E-state index contributed by atoms with van der Waals surface area (Å²) in [5.74, 6) is 2.29. The van der Waals surface area contributed by atoms with Gasteiger partial charge in [-0.15, -0.1) is 11.6 Å². The van der Waals surface area contributed by atoms with E-state index in [9.17, 15) is 0 Å². The van der Waals surface area contributed by atoms with Crippen LogP contribution in [-0.4, -0.2) is 14.2 Å². The average molecular weight is 297 g/mol. The third kappa shape index (κ3) is 4.05. The zero-order valence-corrected chi connectivity index (χ0v) is 13.3. The Kier molecular flexibility index (Phi) is 6.03. The van der Waals surface area contributed by atoms with E-state index in [2.05, 4.69) is 6.07 Å². The second kappa shape index (κ2) is 7.78. The number of ether oxygens (including phenoxy) is 2. The van der Waals surface area contributed by atoms with Crippen LogP contribution in [-0.2, 0) is 0 Å². The molecule has 1 atom stereocenters. The maximum atomic E-state index is 6.62. The summed E-state index contributed by atoms with van der Waals surface area (Å²) in [5, 5.41) is 0.0675. The van der Waals surface area contributed by atoms with Crippen LogP contribution < -0.4 is 9.47 Å². The lowest BCUT2D eigenvalue weighted by Crippen LogP contribution is -2.04. The van der Waals surface area contributed by atoms with E-state index < -0.39 is 0 Å². The van der Waals surface area contributed by atoms with Crippen LogP contribution in [0.3, 0.4) is 0 Å². The monoisotopic (exact) mass is 296 g/mol. The first-order valence-corrected chi connectivity index (χ1v) is 8.04. The zero-order valence-electron chi connectivity index (χ0n) is 12.5.